The van der Waals surface area contributed by atoms with Crippen molar-refractivity contribution in [1.82, 2.24) is 19.8 Å². The second-order valence-corrected chi connectivity index (χ2v) is 8.25. The number of pyridine rings is 2. The van der Waals surface area contributed by atoms with E-state index in [4.69, 9.17) is 4.74 Å². The van der Waals surface area contributed by atoms with Crippen molar-refractivity contribution in [1.29, 1.82) is 0 Å². The molecule has 2 amide bonds. The van der Waals surface area contributed by atoms with E-state index in [1.165, 1.54) is 15.5 Å². The minimum atomic E-state index is -0.612. The van der Waals surface area contributed by atoms with Gasteiger partial charge in [0.25, 0.3) is 11.5 Å². The van der Waals surface area contributed by atoms with E-state index in [1.807, 2.05) is 31.2 Å². The summed E-state index contributed by atoms with van der Waals surface area (Å²) in [6.07, 6.45) is 1.52. The Morgan fingerprint density at radius 1 is 1.18 bits per heavy atom. The third-order valence-electron chi connectivity index (χ3n) is 5.80. The van der Waals surface area contributed by atoms with E-state index in [9.17, 15) is 19.2 Å². The lowest BCUT2D eigenvalue weighted by molar-refractivity contribution is -0.145. The van der Waals surface area contributed by atoms with Gasteiger partial charge in [-0.2, -0.15) is 0 Å². The molecule has 0 aliphatic carbocycles. The SMILES string of the molecule is CCOC(=O)CC1CNC(=O)CN1C(=O)c1cc2cccnc2n(Cc2ccc(C)cc2)c1=O. The van der Waals surface area contributed by atoms with Crippen molar-refractivity contribution in [3.05, 3.63) is 75.7 Å². The fourth-order valence-electron chi connectivity index (χ4n) is 4.05. The summed E-state index contributed by atoms with van der Waals surface area (Å²) < 4.78 is 6.49. The van der Waals surface area contributed by atoms with Gasteiger partial charge in [0, 0.05) is 18.1 Å². The Balaban J connectivity index is 1.75. The molecule has 9 heteroatoms. The van der Waals surface area contributed by atoms with Crippen LogP contribution in [0.1, 0.15) is 34.8 Å². The Labute approximate surface area is 196 Å². The van der Waals surface area contributed by atoms with E-state index in [1.54, 1.807) is 25.3 Å². The van der Waals surface area contributed by atoms with Crippen molar-refractivity contribution in [2.24, 2.45) is 0 Å². The molecule has 0 radical (unpaired) electrons. The molecular formula is C25H26N4O5. The molecule has 4 rings (SSSR count). The Morgan fingerprint density at radius 2 is 1.94 bits per heavy atom. The molecule has 1 aliphatic rings. The first-order valence-corrected chi connectivity index (χ1v) is 11.1. The molecule has 1 fully saturated rings. The second kappa shape index (κ2) is 9.86. The van der Waals surface area contributed by atoms with Gasteiger partial charge in [0.1, 0.15) is 17.8 Å². The van der Waals surface area contributed by atoms with Crippen LogP contribution in [0.4, 0.5) is 0 Å². The second-order valence-electron chi connectivity index (χ2n) is 8.25. The predicted molar refractivity (Wildman–Crippen MR) is 125 cm³/mol. The molecule has 1 unspecified atom stereocenters. The van der Waals surface area contributed by atoms with Crippen molar-refractivity contribution in [3.63, 3.8) is 0 Å². The third-order valence-corrected chi connectivity index (χ3v) is 5.80. The zero-order chi connectivity index (χ0) is 24.2. The van der Waals surface area contributed by atoms with Crippen LogP contribution in [0.5, 0.6) is 0 Å². The van der Waals surface area contributed by atoms with E-state index < -0.39 is 23.5 Å². The van der Waals surface area contributed by atoms with Gasteiger partial charge in [-0.3, -0.25) is 23.7 Å². The fraction of sp³-hybridized carbons (Fsp3) is 0.320. The molecule has 2 aromatic heterocycles. The van der Waals surface area contributed by atoms with Crippen LogP contribution in [-0.4, -0.2) is 58.0 Å². The van der Waals surface area contributed by atoms with E-state index in [0.717, 1.165) is 11.1 Å². The largest absolute Gasteiger partial charge is 0.466 e. The minimum Gasteiger partial charge on any atom is -0.466 e. The maximum Gasteiger partial charge on any atom is 0.307 e. The average molecular weight is 463 g/mol. The van der Waals surface area contributed by atoms with Gasteiger partial charge in [0.15, 0.2) is 0 Å². The van der Waals surface area contributed by atoms with Crippen molar-refractivity contribution >= 4 is 28.8 Å². The van der Waals surface area contributed by atoms with Crippen LogP contribution in [0.3, 0.4) is 0 Å². The number of esters is 1. The zero-order valence-electron chi connectivity index (χ0n) is 19.1. The number of aromatic nitrogens is 2. The monoisotopic (exact) mass is 462 g/mol. The number of nitrogens with one attached hydrogen (secondary N) is 1. The molecule has 1 atom stereocenters. The molecule has 1 aliphatic heterocycles. The highest BCUT2D eigenvalue weighted by Crippen LogP contribution is 2.17. The number of carbonyl (C=O) groups excluding carboxylic acids is 3. The Hall–Kier alpha value is -4.01. The first-order valence-electron chi connectivity index (χ1n) is 11.1. The Bertz CT molecular complexity index is 1300. The molecular weight excluding hydrogens is 436 g/mol. The Morgan fingerprint density at radius 3 is 2.68 bits per heavy atom. The van der Waals surface area contributed by atoms with E-state index in [2.05, 4.69) is 10.3 Å². The maximum atomic E-state index is 13.6. The highest BCUT2D eigenvalue weighted by molar-refractivity contribution is 5.99. The molecule has 3 heterocycles. The van der Waals surface area contributed by atoms with E-state index in [0.29, 0.717) is 11.0 Å². The van der Waals surface area contributed by atoms with Gasteiger partial charge in [-0.25, -0.2) is 4.98 Å². The quantitative estimate of drug-likeness (QED) is 0.558. The zero-order valence-corrected chi connectivity index (χ0v) is 19.1. The lowest BCUT2D eigenvalue weighted by Crippen LogP contribution is -2.57. The Kier molecular flexibility index (Phi) is 6.72. The van der Waals surface area contributed by atoms with Crippen LogP contribution in [-0.2, 0) is 20.9 Å². The highest BCUT2D eigenvalue weighted by Gasteiger charge is 2.34. The minimum absolute atomic E-state index is 0.0730. The number of hydrogen-bond donors (Lipinski definition) is 1. The number of amides is 2. The molecule has 0 spiro atoms. The summed E-state index contributed by atoms with van der Waals surface area (Å²) >= 11 is 0. The smallest absolute Gasteiger partial charge is 0.307 e. The first kappa shape index (κ1) is 23.2. The number of rotatable bonds is 6. The van der Waals surface area contributed by atoms with Crippen LogP contribution in [0.2, 0.25) is 0 Å². The third kappa shape index (κ3) is 4.83. The number of benzene rings is 1. The summed E-state index contributed by atoms with van der Waals surface area (Å²) in [7, 11) is 0. The highest BCUT2D eigenvalue weighted by atomic mass is 16.5. The number of ether oxygens (including phenoxy) is 1. The normalized spacial score (nSPS) is 15.8. The number of fused-ring (bicyclic) bond motifs is 1. The van der Waals surface area contributed by atoms with Crippen molar-refractivity contribution in [2.75, 3.05) is 19.7 Å². The molecule has 176 valence electrons. The molecule has 1 N–H and O–H groups in total. The van der Waals surface area contributed by atoms with Gasteiger partial charge in [-0.05, 0) is 37.6 Å². The van der Waals surface area contributed by atoms with Crippen molar-refractivity contribution in [2.45, 2.75) is 32.9 Å². The van der Waals surface area contributed by atoms with Crippen molar-refractivity contribution < 1.29 is 19.1 Å². The number of carbonyl (C=O) groups is 3. The lowest BCUT2D eigenvalue weighted by atomic mass is 10.1. The van der Waals surface area contributed by atoms with Crippen LogP contribution >= 0.6 is 0 Å². The van der Waals surface area contributed by atoms with Gasteiger partial charge in [0.2, 0.25) is 5.91 Å². The van der Waals surface area contributed by atoms with Gasteiger partial charge < -0.3 is 15.0 Å². The molecule has 1 saturated heterocycles. The van der Waals surface area contributed by atoms with Crippen LogP contribution in [0.15, 0.2) is 53.5 Å². The summed E-state index contributed by atoms with van der Waals surface area (Å²) in [6.45, 7) is 3.99. The first-order chi connectivity index (χ1) is 16.4. The summed E-state index contributed by atoms with van der Waals surface area (Å²) in [4.78, 5) is 56.9. The predicted octanol–water partition coefficient (Wildman–Crippen LogP) is 1.65. The summed E-state index contributed by atoms with van der Waals surface area (Å²) in [5.74, 6) is -1.42. The topological polar surface area (TPSA) is 111 Å². The average Bonchev–Trinajstić information content (AvgIpc) is 2.83. The number of hydrogen-bond acceptors (Lipinski definition) is 6. The number of piperazine rings is 1. The van der Waals surface area contributed by atoms with E-state index in [-0.39, 0.29) is 44.1 Å². The molecule has 0 saturated carbocycles. The summed E-state index contributed by atoms with van der Waals surface area (Å²) in [5, 5.41) is 3.30. The molecule has 34 heavy (non-hydrogen) atoms. The summed E-state index contributed by atoms with van der Waals surface area (Å²) in [5.41, 5.74) is 1.87. The fourth-order valence-corrected chi connectivity index (χ4v) is 4.05. The number of aryl methyl sites for hydroxylation is 1. The summed E-state index contributed by atoms with van der Waals surface area (Å²) in [6, 6.07) is 12.2. The van der Waals surface area contributed by atoms with Crippen molar-refractivity contribution in [3.8, 4) is 0 Å². The van der Waals surface area contributed by atoms with Crippen LogP contribution in [0, 0.1) is 6.92 Å². The maximum absolute atomic E-state index is 13.6. The molecule has 1 aromatic carbocycles. The van der Waals surface area contributed by atoms with Gasteiger partial charge in [-0.1, -0.05) is 29.8 Å². The molecule has 0 bridgehead atoms. The molecule has 9 nitrogen and oxygen atoms in total. The standard InChI is InChI=1S/C25H26N4O5/c1-3-34-22(31)12-19-13-27-21(30)15-28(19)24(32)20-11-18-5-4-10-26-23(18)29(25(20)33)14-17-8-6-16(2)7-9-17/h4-11,19H,3,12-15H2,1-2H3,(H,27,30). The van der Waals surface area contributed by atoms with E-state index >= 15 is 0 Å². The van der Waals surface area contributed by atoms with Gasteiger partial charge in [-0.15, -0.1) is 0 Å². The lowest BCUT2D eigenvalue weighted by Gasteiger charge is -2.35. The van der Waals surface area contributed by atoms with Crippen LogP contribution < -0.4 is 10.9 Å². The van der Waals surface area contributed by atoms with Gasteiger partial charge >= 0.3 is 5.97 Å². The van der Waals surface area contributed by atoms with Gasteiger partial charge in [0.05, 0.1) is 25.6 Å². The van der Waals surface area contributed by atoms with Crippen LogP contribution in [0.25, 0.3) is 11.0 Å². The molecule has 3 aromatic rings. The number of nitrogens with zero attached hydrogens (tertiary/aromatic N) is 3.